The average molecular weight is 631 g/mol. The van der Waals surface area contributed by atoms with Crippen LogP contribution < -0.4 is 4.90 Å². The van der Waals surface area contributed by atoms with Gasteiger partial charge in [0.15, 0.2) is 0 Å². The molecule has 5 aromatic rings. The number of nitriles is 2. The normalized spacial score (nSPS) is 20.4. The van der Waals surface area contributed by atoms with E-state index < -0.39 is 0 Å². The third kappa shape index (κ3) is 4.56. The summed E-state index contributed by atoms with van der Waals surface area (Å²) in [6.07, 6.45) is 21.2. The lowest BCUT2D eigenvalue weighted by molar-refractivity contribution is 0.565. The Kier molecular flexibility index (Phi) is 7.03. The molecular weight excluding hydrogens is 597 g/mol. The molecule has 1 aliphatic heterocycles. The number of fused-ring (bicyclic) bond motifs is 6. The van der Waals surface area contributed by atoms with E-state index in [0.29, 0.717) is 23.9 Å². The highest BCUT2D eigenvalue weighted by Gasteiger charge is 2.39. The van der Waals surface area contributed by atoms with Crippen molar-refractivity contribution in [1.29, 1.82) is 10.5 Å². The molecule has 3 aliphatic carbocycles. The van der Waals surface area contributed by atoms with Crippen molar-refractivity contribution >= 4 is 39.5 Å². The molecule has 49 heavy (non-hydrogen) atoms. The third-order valence-corrected chi connectivity index (χ3v) is 10.7. The molecule has 0 bridgehead atoms. The van der Waals surface area contributed by atoms with E-state index >= 15 is 0 Å². The van der Waals surface area contributed by atoms with Crippen LogP contribution in [0.4, 0.5) is 11.4 Å². The van der Waals surface area contributed by atoms with Crippen molar-refractivity contribution in [2.75, 3.05) is 4.90 Å². The van der Waals surface area contributed by atoms with Gasteiger partial charge in [-0.1, -0.05) is 115 Å². The summed E-state index contributed by atoms with van der Waals surface area (Å²) in [5, 5.41) is 22.0. The minimum atomic E-state index is -0.207. The van der Waals surface area contributed by atoms with Crippen molar-refractivity contribution in [3.63, 3.8) is 0 Å². The second-order valence-corrected chi connectivity index (χ2v) is 13.2. The first kappa shape index (κ1) is 29.1. The first-order chi connectivity index (χ1) is 24.3. The molecule has 0 saturated carbocycles. The third-order valence-electron chi connectivity index (χ3n) is 10.7. The number of allylic oxidation sites excluding steroid dienone is 8. The molecule has 4 aromatic carbocycles. The monoisotopic (exact) mass is 630 g/mol. The van der Waals surface area contributed by atoms with E-state index in [1.54, 1.807) is 0 Å². The van der Waals surface area contributed by atoms with Crippen molar-refractivity contribution in [2.24, 2.45) is 5.92 Å². The van der Waals surface area contributed by atoms with Gasteiger partial charge in [-0.2, -0.15) is 10.5 Å². The first-order valence-electron chi connectivity index (χ1n) is 17.2. The molecule has 0 saturated heterocycles. The number of rotatable bonds is 4. The minimum absolute atomic E-state index is 0.207. The first-order valence-corrected chi connectivity index (χ1v) is 17.2. The van der Waals surface area contributed by atoms with Gasteiger partial charge in [-0.25, -0.2) is 0 Å². The Morgan fingerprint density at radius 2 is 1.53 bits per heavy atom. The summed E-state index contributed by atoms with van der Waals surface area (Å²) < 4.78 is 2.23. The summed E-state index contributed by atoms with van der Waals surface area (Å²) in [5.74, 6) is 0.164. The zero-order valence-electron chi connectivity index (χ0n) is 27.1. The summed E-state index contributed by atoms with van der Waals surface area (Å²) in [4.78, 5) is 2.57. The smallest absolute Gasteiger partial charge is 0.102 e. The number of para-hydroxylation sites is 3. The van der Waals surface area contributed by atoms with Gasteiger partial charge in [-0.15, -0.1) is 0 Å². The zero-order valence-corrected chi connectivity index (χ0v) is 27.1. The maximum Gasteiger partial charge on any atom is 0.102 e. The molecule has 2 heterocycles. The Balaban J connectivity index is 1.22. The van der Waals surface area contributed by atoms with Crippen molar-refractivity contribution < 1.29 is 0 Å². The number of hydrogen-bond acceptors (Lipinski definition) is 3. The van der Waals surface area contributed by atoms with Gasteiger partial charge in [0, 0.05) is 57.5 Å². The predicted octanol–water partition coefficient (Wildman–Crippen LogP) is 10.6. The second kappa shape index (κ2) is 11.9. The van der Waals surface area contributed by atoms with Crippen LogP contribution in [0, 0.1) is 28.6 Å². The van der Waals surface area contributed by atoms with Crippen LogP contribution in [0.1, 0.15) is 58.7 Å². The topological polar surface area (TPSA) is 55.8 Å². The highest BCUT2D eigenvalue weighted by Crippen LogP contribution is 2.51. The lowest BCUT2D eigenvalue weighted by Gasteiger charge is -2.33. The van der Waals surface area contributed by atoms with Crippen LogP contribution in [-0.4, -0.2) is 10.6 Å². The molecule has 1 aromatic heterocycles. The Bertz CT molecular complexity index is 2400. The predicted molar refractivity (Wildman–Crippen MR) is 199 cm³/mol. The van der Waals surface area contributed by atoms with Crippen LogP contribution in [0.5, 0.6) is 0 Å². The van der Waals surface area contributed by atoms with Crippen LogP contribution in [0.3, 0.4) is 0 Å². The van der Waals surface area contributed by atoms with Gasteiger partial charge in [0.05, 0.1) is 28.8 Å². The molecule has 0 N–H and O–H groups in total. The molecule has 0 spiro atoms. The summed E-state index contributed by atoms with van der Waals surface area (Å²) in [5.41, 5.74) is 12.8. The maximum atomic E-state index is 11.0. The summed E-state index contributed by atoms with van der Waals surface area (Å²) in [6, 6.07) is 37.7. The quantitative estimate of drug-likeness (QED) is 0.186. The van der Waals surface area contributed by atoms with Crippen molar-refractivity contribution in [2.45, 2.75) is 37.6 Å². The van der Waals surface area contributed by atoms with E-state index in [1.165, 1.54) is 16.9 Å². The van der Waals surface area contributed by atoms with Crippen LogP contribution in [-0.2, 0) is 6.42 Å². The van der Waals surface area contributed by atoms with Crippen molar-refractivity contribution in [3.8, 4) is 17.8 Å². The van der Waals surface area contributed by atoms with E-state index in [-0.39, 0.29) is 5.92 Å². The Labute approximate surface area is 287 Å². The number of benzene rings is 4. The summed E-state index contributed by atoms with van der Waals surface area (Å²) >= 11 is 0. The molecule has 4 nitrogen and oxygen atoms in total. The van der Waals surface area contributed by atoms with Gasteiger partial charge in [-0.3, -0.25) is 0 Å². The molecule has 4 heteroatoms. The van der Waals surface area contributed by atoms with Crippen LogP contribution in [0.25, 0.3) is 33.8 Å². The van der Waals surface area contributed by atoms with Crippen LogP contribution >= 0.6 is 0 Å². The number of nitrogens with zero attached hydrogens (tertiary/aromatic N) is 4. The Hall–Kier alpha value is -6.10. The Morgan fingerprint density at radius 1 is 0.735 bits per heavy atom. The van der Waals surface area contributed by atoms with E-state index in [1.807, 2.05) is 12.1 Å². The zero-order chi connectivity index (χ0) is 32.9. The lowest BCUT2D eigenvalue weighted by atomic mass is 9.86. The fraction of sp³-hybridized carbons (Fsp3) is 0.156. The lowest BCUT2D eigenvalue weighted by Crippen LogP contribution is -2.31. The molecule has 9 rings (SSSR count). The van der Waals surface area contributed by atoms with Gasteiger partial charge in [0.2, 0.25) is 0 Å². The molecule has 3 atom stereocenters. The highest BCUT2D eigenvalue weighted by molar-refractivity contribution is 6.10. The van der Waals surface area contributed by atoms with E-state index in [2.05, 4.69) is 149 Å². The fourth-order valence-electron chi connectivity index (χ4n) is 8.55. The summed E-state index contributed by atoms with van der Waals surface area (Å²) in [6.45, 7) is 0. The molecule has 0 fully saturated rings. The minimum Gasteiger partial charge on any atom is -0.337 e. The van der Waals surface area contributed by atoms with Crippen molar-refractivity contribution in [3.05, 3.63) is 167 Å². The second-order valence-electron chi connectivity index (χ2n) is 13.2. The SMILES string of the molecule is N#Cc1c(C2=CCC=CC=C2c2ccccc2N2c3ccccc3C3C=CCCC32)cccc1-n1c2c(c3ccccc31)C=CC(C#N)C2. The average Bonchev–Trinajstić information content (AvgIpc) is 3.55. The standard InChI is InChI=1S/C45H34N4/c46-28-30-25-26-38-37-18-7-11-23-43(37)49(45(38)27-30)44-24-12-19-33(39(44)29-47)31-13-2-1-3-14-32(31)34-15-4-8-20-40(34)48-41-21-9-5-16-35(41)36-17-6-10-22-42(36)48/h1,3-9,11-21,23-26,30,36,42H,2,10,22,27H2. The van der Waals surface area contributed by atoms with E-state index in [0.717, 1.165) is 69.4 Å². The number of hydrogen-bond donors (Lipinski definition) is 0. The van der Waals surface area contributed by atoms with Gasteiger partial charge in [0.25, 0.3) is 0 Å². The van der Waals surface area contributed by atoms with Crippen molar-refractivity contribution in [1.82, 2.24) is 4.57 Å². The van der Waals surface area contributed by atoms with Crippen LogP contribution in [0.2, 0.25) is 0 Å². The molecule has 0 amide bonds. The van der Waals surface area contributed by atoms with Gasteiger partial charge in [-0.05, 0) is 60.2 Å². The number of anilines is 2. The van der Waals surface area contributed by atoms with Gasteiger partial charge in [0.1, 0.15) is 6.07 Å². The number of aromatic nitrogens is 1. The molecule has 0 radical (unpaired) electrons. The Morgan fingerprint density at radius 3 is 2.43 bits per heavy atom. The molecular formula is C45H34N4. The van der Waals surface area contributed by atoms with E-state index in [9.17, 15) is 10.5 Å². The van der Waals surface area contributed by atoms with E-state index in [4.69, 9.17) is 0 Å². The fourth-order valence-corrected chi connectivity index (χ4v) is 8.55. The molecule has 4 aliphatic rings. The van der Waals surface area contributed by atoms with Crippen LogP contribution in [0.15, 0.2) is 134 Å². The maximum absolute atomic E-state index is 11.0. The highest BCUT2D eigenvalue weighted by atomic mass is 15.2. The molecule has 234 valence electrons. The largest absolute Gasteiger partial charge is 0.337 e. The van der Waals surface area contributed by atoms with Gasteiger partial charge < -0.3 is 9.47 Å². The molecule has 3 unspecified atom stereocenters. The summed E-state index contributed by atoms with van der Waals surface area (Å²) in [7, 11) is 0. The van der Waals surface area contributed by atoms with Gasteiger partial charge >= 0.3 is 0 Å².